The van der Waals surface area contributed by atoms with Crippen LogP contribution in [0.3, 0.4) is 0 Å². The second kappa shape index (κ2) is 4.94. The lowest BCUT2D eigenvalue weighted by Gasteiger charge is -2.38. The SMILES string of the molecule is O=C(C1CNC1)N1CCC(C2CCNC2)CC1. The van der Waals surface area contributed by atoms with E-state index in [2.05, 4.69) is 15.5 Å². The summed E-state index contributed by atoms with van der Waals surface area (Å²) in [7, 11) is 0. The van der Waals surface area contributed by atoms with Gasteiger partial charge in [-0.3, -0.25) is 4.79 Å². The summed E-state index contributed by atoms with van der Waals surface area (Å²) >= 11 is 0. The standard InChI is InChI=1S/C13H23N3O/c17-13(12-8-15-9-12)16-5-2-10(3-6-16)11-1-4-14-7-11/h10-12,14-15H,1-9H2. The number of hydrogen-bond donors (Lipinski definition) is 2. The first-order valence-corrected chi connectivity index (χ1v) is 7.05. The predicted octanol–water partition coefficient (Wildman–Crippen LogP) is 0.0539. The molecule has 0 aromatic rings. The van der Waals surface area contributed by atoms with Crippen molar-refractivity contribution in [2.75, 3.05) is 39.3 Å². The first kappa shape index (κ1) is 11.5. The lowest BCUT2D eigenvalue weighted by atomic mass is 9.83. The minimum Gasteiger partial charge on any atom is -0.342 e. The van der Waals surface area contributed by atoms with Crippen LogP contribution >= 0.6 is 0 Å². The largest absolute Gasteiger partial charge is 0.342 e. The van der Waals surface area contributed by atoms with Crippen LogP contribution in [0.25, 0.3) is 0 Å². The summed E-state index contributed by atoms with van der Waals surface area (Å²) in [6, 6.07) is 0. The van der Waals surface area contributed by atoms with Gasteiger partial charge in [0.2, 0.25) is 5.91 Å². The first-order valence-electron chi connectivity index (χ1n) is 7.05. The van der Waals surface area contributed by atoms with Gasteiger partial charge in [-0.05, 0) is 44.2 Å². The molecule has 2 N–H and O–H groups in total. The zero-order chi connectivity index (χ0) is 11.7. The first-order chi connectivity index (χ1) is 8.34. The Bertz CT molecular complexity index is 276. The van der Waals surface area contributed by atoms with Crippen molar-refractivity contribution in [2.45, 2.75) is 19.3 Å². The van der Waals surface area contributed by atoms with E-state index in [4.69, 9.17) is 0 Å². The van der Waals surface area contributed by atoms with E-state index in [1.165, 1.54) is 32.4 Å². The molecule has 3 aliphatic rings. The maximum absolute atomic E-state index is 12.1. The summed E-state index contributed by atoms with van der Waals surface area (Å²) in [5.74, 6) is 2.40. The molecule has 0 saturated carbocycles. The topological polar surface area (TPSA) is 44.4 Å². The van der Waals surface area contributed by atoms with E-state index in [0.717, 1.165) is 38.0 Å². The lowest BCUT2D eigenvalue weighted by Crippen LogP contribution is -2.53. The van der Waals surface area contributed by atoms with Gasteiger partial charge in [0.15, 0.2) is 0 Å². The summed E-state index contributed by atoms with van der Waals surface area (Å²) in [5, 5.41) is 6.63. The molecule has 17 heavy (non-hydrogen) atoms. The number of rotatable bonds is 2. The van der Waals surface area contributed by atoms with Crippen LogP contribution in [0, 0.1) is 17.8 Å². The van der Waals surface area contributed by atoms with Gasteiger partial charge in [-0.2, -0.15) is 0 Å². The van der Waals surface area contributed by atoms with Crippen molar-refractivity contribution in [3.05, 3.63) is 0 Å². The van der Waals surface area contributed by atoms with Crippen molar-refractivity contribution in [1.29, 1.82) is 0 Å². The second-order valence-electron chi connectivity index (χ2n) is 5.77. The molecule has 1 atom stereocenters. The van der Waals surface area contributed by atoms with E-state index < -0.39 is 0 Å². The highest BCUT2D eigenvalue weighted by Crippen LogP contribution is 2.29. The number of nitrogens with one attached hydrogen (secondary N) is 2. The van der Waals surface area contributed by atoms with Crippen LogP contribution in [-0.2, 0) is 4.79 Å². The molecular weight excluding hydrogens is 214 g/mol. The van der Waals surface area contributed by atoms with Crippen molar-refractivity contribution >= 4 is 5.91 Å². The average molecular weight is 237 g/mol. The Balaban J connectivity index is 1.47. The van der Waals surface area contributed by atoms with Crippen molar-refractivity contribution < 1.29 is 4.79 Å². The molecule has 3 fully saturated rings. The van der Waals surface area contributed by atoms with Gasteiger partial charge in [0, 0.05) is 26.2 Å². The molecule has 0 aliphatic carbocycles. The van der Waals surface area contributed by atoms with Gasteiger partial charge in [-0.25, -0.2) is 0 Å². The summed E-state index contributed by atoms with van der Waals surface area (Å²) in [6.07, 6.45) is 3.78. The number of carbonyl (C=O) groups is 1. The highest BCUT2D eigenvalue weighted by molar-refractivity contribution is 5.80. The Kier molecular flexibility index (Phi) is 3.34. The molecule has 1 amide bonds. The number of piperidine rings is 1. The predicted molar refractivity (Wildman–Crippen MR) is 66.6 cm³/mol. The number of likely N-dealkylation sites (tertiary alicyclic amines) is 1. The van der Waals surface area contributed by atoms with E-state index >= 15 is 0 Å². The molecule has 0 spiro atoms. The number of carbonyl (C=O) groups excluding carboxylic acids is 1. The summed E-state index contributed by atoms with van der Waals surface area (Å²) in [4.78, 5) is 14.2. The molecule has 0 bridgehead atoms. The van der Waals surface area contributed by atoms with Gasteiger partial charge < -0.3 is 15.5 Å². The second-order valence-corrected chi connectivity index (χ2v) is 5.77. The number of amides is 1. The monoisotopic (exact) mass is 237 g/mol. The van der Waals surface area contributed by atoms with Crippen LogP contribution in [0.2, 0.25) is 0 Å². The van der Waals surface area contributed by atoms with Crippen LogP contribution in [-0.4, -0.2) is 50.1 Å². The van der Waals surface area contributed by atoms with Gasteiger partial charge in [-0.1, -0.05) is 0 Å². The molecule has 3 rings (SSSR count). The van der Waals surface area contributed by atoms with Gasteiger partial charge >= 0.3 is 0 Å². The molecule has 0 radical (unpaired) electrons. The van der Waals surface area contributed by atoms with Crippen LogP contribution < -0.4 is 10.6 Å². The van der Waals surface area contributed by atoms with Crippen LogP contribution in [0.15, 0.2) is 0 Å². The molecular formula is C13H23N3O. The molecule has 4 heteroatoms. The van der Waals surface area contributed by atoms with Crippen LogP contribution in [0.1, 0.15) is 19.3 Å². The van der Waals surface area contributed by atoms with E-state index in [0.29, 0.717) is 5.91 Å². The van der Waals surface area contributed by atoms with Gasteiger partial charge in [0.25, 0.3) is 0 Å². The summed E-state index contributed by atoms with van der Waals surface area (Å²) in [6.45, 7) is 6.17. The zero-order valence-corrected chi connectivity index (χ0v) is 10.5. The van der Waals surface area contributed by atoms with Crippen LogP contribution in [0.5, 0.6) is 0 Å². The average Bonchev–Trinajstić information content (AvgIpc) is 2.80. The van der Waals surface area contributed by atoms with Crippen molar-refractivity contribution in [3.63, 3.8) is 0 Å². The third kappa shape index (κ3) is 2.33. The molecule has 3 heterocycles. The smallest absolute Gasteiger partial charge is 0.228 e. The molecule has 0 aromatic heterocycles. The van der Waals surface area contributed by atoms with Crippen LogP contribution in [0.4, 0.5) is 0 Å². The van der Waals surface area contributed by atoms with Crippen molar-refractivity contribution in [2.24, 2.45) is 17.8 Å². The third-order valence-corrected chi connectivity index (χ3v) is 4.75. The molecule has 3 saturated heterocycles. The van der Waals surface area contributed by atoms with Crippen molar-refractivity contribution in [1.82, 2.24) is 15.5 Å². The molecule has 1 unspecified atom stereocenters. The Morgan fingerprint density at radius 1 is 0.941 bits per heavy atom. The fourth-order valence-electron chi connectivity index (χ4n) is 3.39. The summed E-state index contributed by atoms with van der Waals surface area (Å²) in [5.41, 5.74) is 0. The Morgan fingerprint density at radius 2 is 1.71 bits per heavy atom. The lowest BCUT2D eigenvalue weighted by molar-refractivity contribution is -0.138. The molecule has 96 valence electrons. The normalized spacial score (nSPS) is 31.5. The van der Waals surface area contributed by atoms with Gasteiger partial charge in [0.1, 0.15) is 0 Å². The van der Waals surface area contributed by atoms with Gasteiger partial charge in [0.05, 0.1) is 5.92 Å². The maximum Gasteiger partial charge on any atom is 0.228 e. The molecule has 0 aromatic carbocycles. The number of hydrogen-bond acceptors (Lipinski definition) is 3. The minimum absolute atomic E-state index is 0.277. The Labute approximate surface area is 103 Å². The third-order valence-electron chi connectivity index (χ3n) is 4.75. The van der Waals surface area contributed by atoms with E-state index in [1.54, 1.807) is 0 Å². The Morgan fingerprint density at radius 3 is 2.24 bits per heavy atom. The number of nitrogens with zero attached hydrogens (tertiary/aromatic N) is 1. The molecule has 3 aliphatic heterocycles. The summed E-state index contributed by atoms with van der Waals surface area (Å²) < 4.78 is 0. The van der Waals surface area contributed by atoms with Gasteiger partial charge in [-0.15, -0.1) is 0 Å². The van der Waals surface area contributed by atoms with E-state index in [-0.39, 0.29) is 5.92 Å². The zero-order valence-electron chi connectivity index (χ0n) is 10.5. The quantitative estimate of drug-likeness (QED) is 0.713. The fraction of sp³-hybridized carbons (Fsp3) is 0.923. The maximum atomic E-state index is 12.1. The Hall–Kier alpha value is -0.610. The highest BCUT2D eigenvalue weighted by Gasteiger charge is 2.33. The highest BCUT2D eigenvalue weighted by atomic mass is 16.2. The van der Waals surface area contributed by atoms with E-state index in [9.17, 15) is 4.79 Å². The fourth-order valence-corrected chi connectivity index (χ4v) is 3.39. The van der Waals surface area contributed by atoms with E-state index in [1.807, 2.05) is 0 Å². The molecule has 4 nitrogen and oxygen atoms in total. The minimum atomic E-state index is 0.277. The van der Waals surface area contributed by atoms with Crippen molar-refractivity contribution in [3.8, 4) is 0 Å².